The lowest BCUT2D eigenvalue weighted by atomic mass is 10.0. The molecule has 4 N–H and O–H groups in total. The Kier molecular flexibility index (Phi) is 17.3. The zero-order valence-corrected chi connectivity index (χ0v) is 29.7. The molecule has 4 rings (SSSR count). The van der Waals surface area contributed by atoms with Crippen LogP contribution in [0.2, 0.25) is 20.1 Å². The molecule has 7 nitrogen and oxygen atoms in total. The van der Waals surface area contributed by atoms with Crippen LogP contribution in [-0.2, 0) is 9.59 Å². The molecular weight excluding hydrogens is 682 g/mol. The Morgan fingerprint density at radius 1 is 0.638 bits per heavy atom. The lowest BCUT2D eigenvalue weighted by Gasteiger charge is -2.16. The van der Waals surface area contributed by atoms with Gasteiger partial charge in [0.05, 0.1) is 44.6 Å². The summed E-state index contributed by atoms with van der Waals surface area (Å²) in [5.74, 6) is -0.456. The number of phenols is 1. The second kappa shape index (κ2) is 20.6. The maximum atomic E-state index is 12.2. The van der Waals surface area contributed by atoms with Crippen LogP contribution in [0.25, 0.3) is 0 Å². The van der Waals surface area contributed by atoms with E-state index >= 15 is 0 Å². The number of hydrogen-bond acceptors (Lipinski definition) is 6. The van der Waals surface area contributed by atoms with Crippen molar-refractivity contribution < 1.29 is 24.5 Å². The first-order chi connectivity index (χ1) is 22.4. The highest BCUT2D eigenvalue weighted by Gasteiger charge is 2.18. The smallest absolute Gasteiger partial charge is 0.314 e. The van der Waals surface area contributed by atoms with Gasteiger partial charge in [0.25, 0.3) is 0 Å². The third-order valence-electron chi connectivity index (χ3n) is 7.06. The average Bonchev–Trinajstić information content (AvgIpc) is 3.03. The van der Waals surface area contributed by atoms with Gasteiger partial charge in [-0.05, 0) is 86.3 Å². The molecule has 0 saturated carbocycles. The van der Waals surface area contributed by atoms with E-state index in [1.54, 1.807) is 60.7 Å². The first-order valence-corrected chi connectivity index (χ1v) is 16.7. The number of esters is 1. The molecule has 0 spiro atoms. The second-order valence-electron chi connectivity index (χ2n) is 10.3. The van der Waals surface area contributed by atoms with Crippen molar-refractivity contribution in [3.63, 3.8) is 0 Å². The van der Waals surface area contributed by atoms with E-state index in [0.717, 1.165) is 25.7 Å². The van der Waals surface area contributed by atoms with Crippen LogP contribution in [0.15, 0.2) is 84.9 Å². The van der Waals surface area contributed by atoms with Crippen molar-refractivity contribution in [2.75, 3.05) is 10.6 Å². The summed E-state index contributed by atoms with van der Waals surface area (Å²) in [6, 6.07) is 24.5. The molecule has 0 aliphatic carbocycles. The maximum absolute atomic E-state index is 12.2. The highest BCUT2D eigenvalue weighted by molar-refractivity contribution is 6.37. The summed E-state index contributed by atoms with van der Waals surface area (Å²) in [7, 11) is 0. The van der Waals surface area contributed by atoms with Crippen LogP contribution in [0.1, 0.15) is 53.4 Å². The molecule has 0 bridgehead atoms. The van der Waals surface area contributed by atoms with E-state index in [9.17, 15) is 14.7 Å². The van der Waals surface area contributed by atoms with E-state index in [-0.39, 0.29) is 23.6 Å². The molecule has 0 aliphatic heterocycles. The van der Waals surface area contributed by atoms with Gasteiger partial charge in [-0.3, -0.25) is 9.59 Å². The van der Waals surface area contributed by atoms with Crippen LogP contribution in [0.3, 0.4) is 0 Å². The van der Waals surface area contributed by atoms with Crippen molar-refractivity contribution in [3.8, 4) is 11.5 Å². The second-order valence-corrected chi connectivity index (χ2v) is 12.0. The van der Waals surface area contributed by atoms with Crippen molar-refractivity contribution in [2.45, 2.75) is 53.4 Å². The van der Waals surface area contributed by atoms with Gasteiger partial charge in [0.2, 0.25) is 0 Å². The van der Waals surface area contributed by atoms with Crippen LogP contribution in [0.5, 0.6) is 11.5 Å². The van der Waals surface area contributed by atoms with Crippen molar-refractivity contribution >= 4 is 81.1 Å². The van der Waals surface area contributed by atoms with Gasteiger partial charge in [-0.15, -0.1) is 0 Å². The number of phenolic OH excluding ortho intramolecular Hbond substituents is 1. The van der Waals surface area contributed by atoms with E-state index in [0.29, 0.717) is 48.6 Å². The average molecular weight is 723 g/mol. The number of ether oxygens (including phenoxy) is 1. The molecule has 11 heteroatoms. The maximum Gasteiger partial charge on any atom is 0.314 e. The quantitative estimate of drug-likeness (QED) is 0.0693. The summed E-state index contributed by atoms with van der Waals surface area (Å²) in [4.78, 5) is 22.4. The van der Waals surface area contributed by atoms with E-state index in [2.05, 4.69) is 10.6 Å². The number of carboxylic acid groups (broad SMARTS) is 1. The Hall–Kier alpha value is -3.62. The van der Waals surface area contributed by atoms with Crippen LogP contribution in [0, 0.1) is 11.8 Å². The largest absolute Gasteiger partial charge is 0.506 e. The molecule has 0 heterocycles. The van der Waals surface area contributed by atoms with Gasteiger partial charge >= 0.3 is 11.9 Å². The predicted molar refractivity (Wildman–Crippen MR) is 195 cm³/mol. The van der Waals surface area contributed by atoms with E-state index in [1.165, 1.54) is 0 Å². The fourth-order valence-electron chi connectivity index (χ4n) is 4.16. The summed E-state index contributed by atoms with van der Waals surface area (Å²) >= 11 is 23.9. The number of carbonyl (C=O) groups excluding carboxylic acids is 1. The summed E-state index contributed by atoms with van der Waals surface area (Å²) in [5.41, 5.74) is 2.68. The normalized spacial score (nSPS) is 10.3. The fourth-order valence-corrected chi connectivity index (χ4v) is 5.07. The van der Waals surface area contributed by atoms with E-state index in [4.69, 9.17) is 56.2 Å². The Morgan fingerprint density at radius 3 is 1.51 bits per heavy atom. The molecule has 47 heavy (non-hydrogen) atoms. The molecule has 0 radical (unpaired) electrons. The SMILES string of the molecule is CCC(CC)C(=O)O.CCC(CC)C(=O)Oc1ccccc1Nc1ccc(Cl)cc1Cl.Oc1ccccc1Nc1ccc(Cl)cc1Cl. The minimum Gasteiger partial charge on any atom is -0.506 e. The van der Waals surface area contributed by atoms with Crippen LogP contribution in [-0.4, -0.2) is 22.2 Å². The third kappa shape index (κ3) is 13.2. The van der Waals surface area contributed by atoms with Gasteiger partial charge in [-0.2, -0.15) is 0 Å². The van der Waals surface area contributed by atoms with Crippen LogP contribution < -0.4 is 15.4 Å². The van der Waals surface area contributed by atoms with Gasteiger partial charge in [0.15, 0.2) is 5.75 Å². The van der Waals surface area contributed by atoms with Gasteiger partial charge < -0.3 is 25.6 Å². The highest BCUT2D eigenvalue weighted by Crippen LogP contribution is 2.34. The standard InChI is InChI=1S/C18H19Cl2NO2.C12H9Cl2NO.C6H12O2/c1-3-12(4-2)18(22)23-17-8-6-5-7-16(17)21-15-10-9-13(19)11-14(15)20;13-8-5-6-10(9(14)7-8)15-11-3-1-2-4-12(11)16;1-3-5(4-2)6(7)8/h5-12,21H,3-4H2,1-2H3;1-7,15-16H;5H,3-4H2,1-2H3,(H,7,8). The summed E-state index contributed by atoms with van der Waals surface area (Å²) in [6.07, 6.45) is 3.00. The van der Waals surface area contributed by atoms with Gasteiger partial charge in [-0.25, -0.2) is 0 Å². The molecule has 0 saturated heterocycles. The summed E-state index contributed by atoms with van der Waals surface area (Å²) in [6.45, 7) is 7.74. The van der Waals surface area contributed by atoms with Crippen LogP contribution >= 0.6 is 46.4 Å². The molecule has 0 aliphatic rings. The van der Waals surface area contributed by atoms with Gasteiger partial charge in [0.1, 0.15) is 5.75 Å². The Morgan fingerprint density at radius 2 is 1.09 bits per heavy atom. The molecule has 252 valence electrons. The lowest BCUT2D eigenvalue weighted by molar-refractivity contribution is -0.142. The fraction of sp³-hybridized carbons (Fsp3) is 0.278. The zero-order chi connectivity index (χ0) is 34.9. The number of halogens is 4. The Labute approximate surface area is 296 Å². The summed E-state index contributed by atoms with van der Waals surface area (Å²) in [5, 5.41) is 26.3. The van der Waals surface area contributed by atoms with E-state index in [1.807, 2.05) is 52.0 Å². The highest BCUT2D eigenvalue weighted by atomic mass is 35.5. The first kappa shape index (κ1) is 39.6. The molecule has 0 amide bonds. The monoisotopic (exact) mass is 720 g/mol. The number of nitrogens with one attached hydrogen (secondary N) is 2. The van der Waals surface area contributed by atoms with Crippen molar-refractivity contribution in [3.05, 3.63) is 105 Å². The number of hydrogen-bond donors (Lipinski definition) is 4. The van der Waals surface area contributed by atoms with E-state index < -0.39 is 5.97 Å². The van der Waals surface area contributed by atoms with Crippen LogP contribution in [0.4, 0.5) is 22.7 Å². The lowest BCUT2D eigenvalue weighted by Crippen LogP contribution is -2.19. The number of anilines is 4. The molecular formula is C36H40Cl4N2O5. The molecule has 4 aromatic rings. The third-order valence-corrected chi connectivity index (χ3v) is 8.15. The Bertz CT molecular complexity index is 1590. The predicted octanol–water partition coefficient (Wildman–Crippen LogP) is 12.0. The Balaban J connectivity index is 0.000000276. The molecule has 0 fully saturated rings. The summed E-state index contributed by atoms with van der Waals surface area (Å²) < 4.78 is 5.55. The minimum atomic E-state index is -0.671. The molecule has 0 unspecified atom stereocenters. The number of aliphatic carboxylic acids is 1. The number of para-hydroxylation sites is 4. The molecule has 4 aromatic carbocycles. The minimum absolute atomic E-state index is 0.0952. The number of benzene rings is 4. The van der Waals surface area contributed by atoms with Gasteiger partial charge in [-0.1, -0.05) is 98.4 Å². The number of rotatable bonds is 11. The van der Waals surface area contributed by atoms with Gasteiger partial charge in [0, 0.05) is 10.0 Å². The zero-order valence-electron chi connectivity index (χ0n) is 26.7. The van der Waals surface area contributed by atoms with Crippen molar-refractivity contribution in [2.24, 2.45) is 11.8 Å². The first-order valence-electron chi connectivity index (χ1n) is 15.2. The number of carbonyl (C=O) groups is 2. The molecule has 0 aromatic heterocycles. The van der Waals surface area contributed by atoms with Crippen molar-refractivity contribution in [1.29, 1.82) is 0 Å². The van der Waals surface area contributed by atoms with Crippen molar-refractivity contribution in [1.82, 2.24) is 0 Å². The topological polar surface area (TPSA) is 108 Å². The molecule has 0 atom stereocenters. The number of carboxylic acids is 1. The number of aromatic hydroxyl groups is 1.